The normalized spacial score (nSPS) is 11.0. The van der Waals surface area contributed by atoms with Gasteiger partial charge in [-0.25, -0.2) is 8.42 Å². The summed E-state index contributed by atoms with van der Waals surface area (Å²) in [5.41, 5.74) is 5.22. The Morgan fingerprint density at radius 2 is 1.64 bits per heavy atom. The Labute approximate surface area is 151 Å². The second-order valence-corrected chi connectivity index (χ2v) is 7.89. The Bertz CT molecular complexity index is 880. The van der Waals surface area contributed by atoms with Gasteiger partial charge in [-0.1, -0.05) is 42.8 Å². The minimum absolute atomic E-state index is 0.0175. The predicted molar refractivity (Wildman–Crippen MR) is 94.9 cm³/mol. The van der Waals surface area contributed by atoms with Crippen molar-refractivity contribution in [2.45, 2.75) is 18.2 Å². The van der Waals surface area contributed by atoms with Crippen molar-refractivity contribution in [3.8, 4) is 0 Å². The van der Waals surface area contributed by atoms with E-state index in [0.717, 1.165) is 5.56 Å². The number of amides is 2. The number of carbonyl (C=O) groups excluding carboxylic acids is 2. The molecule has 2 aromatic rings. The van der Waals surface area contributed by atoms with E-state index in [1.165, 1.54) is 19.1 Å². The quantitative estimate of drug-likeness (QED) is 0.777. The molecule has 0 heterocycles. The molecule has 0 unspecified atom stereocenters. The molecule has 0 aliphatic rings. The second kappa shape index (κ2) is 8.13. The van der Waals surface area contributed by atoms with E-state index in [2.05, 4.69) is 10.9 Å². The lowest BCUT2D eigenvalue weighted by Gasteiger charge is -2.11. The molecular formula is C17H17ClN2O4S. The molecule has 0 aliphatic carbocycles. The molecule has 0 bridgehead atoms. The molecule has 6 nitrogen and oxygen atoms in total. The van der Waals surface area contributed by atoms with Gasteiger partial charge in [-0.2, -0.15) is 0 Å². The molecule has 2 rings (SSSR count). The topological polar surface area (TPSA) is 92.3 Å². The molecule has 0 aliphatic heterocycles. The van der Waals surface area contributed by atoms with Gasteiger partial charge in [0.2, 0.25) is 5.91 Å². The number of hydrogen-bond donors (Lipinski definition) is 2. The number of sulfone groups is 1. The van der Waals surface area contributed by atoms with Crippen LogP contribution in [0, 0.1) is 0 Å². The van der Waals surface area contributed by atoms with Gasteiger partial charge in [0.25, 0.3) is 5.91 Å². The Balaban J connectivity index is 2.03. The maximum atomic E-state index is 12.2. The van der Waals surface area contributed by atoms with Gasteiger partial charge >= 0.3 is 0 Å². The van der Waals surface area contributed by atoms with Crippen molar-refractivity contribution in [2.24, 2.45) is 0 Å². The number of rotatable bonds is 5. The third-order valence-corrected chi connectivity index (χ3v) is 5.48. The standard InChI is InChI=1S/C17H17ClN2O4S/c1-2-25(23,24)15-6-4-3-5-14(15)17(22)20-19-16(21)11-12-7-9-13(18)10-8-12/h3-10H,2,11H2,1H3,(H,19,21)(H,20,22). The van der Waals surface area contributed by atoms with E-state index >= 15 is 0 Å². The third-order valence-electron chi connectivity index (χ3n) is 3.44. The zero-order chi connectivity index (χ0) is 18.4. The molecule has 2 amide bonds. The van der Waals surface area contributed by atoms with Crippen LogP contribution in [0.3, 0.4) is 0 Å². The average Bonchev–Trinajstić information content (AvgIpc) is 2.61. The minimum atomic E-state index is -3.55. The monoisotopic (exact) mass is 380 g/mol. The average molecular weight is 381 g/mol. The smallest absolute Gasteiger partial charge is 0.271 e. The van der Waals surface area contributed by atoms with E-state index in [-0.39, 0.29) is 22.6 Å². The Morgan fingerprint density at radius 1 is 1.00 bits per heavy atom. The molecule has 0 radical (unpaired) electrons. The van der Waals surface area contributed by atoms with Crippen LogP contribution in [0.4, 0.5) is 0 Å². The van der Waals surface area contributed by atoms with Crippen LogP contribution in [0.1, 0.15) is 22.8 Å². The first-order valence-electron chi connectivity index (χ1n) is 7.49. The number of nitrogens with one attached hydrogen (secondary N) is 2. The summed E-state index contributed by atoms with van der Waals surface area (Å²) in [6.07, 6.45) is 0.0480. The van der Waals surface area contributed by atoms with Crippen molar-refractivity contribution in [3.05, 3.63) is 64.7 Å². The van der Waals surface area contributed by atoms with Gasteiger partial charge in [0.05, 0.1) is 22.6 Å². The summed E-state index contributed by atoms with van der Waals surface area (Å²) in [6.45, 7) is 1.50. The van der Waals surface area contributed by atoms with Gasteiger partial charge in [-0.05, 0) is 29.8 Å². The highest BCUT2D eigenvalue weighted by Crippen LogP contribution is 2.16. The third kappa shape index (κ3) is 5.04. The predicted octanol–water partition coefficient (Wildman–Crippen LogP) is 2.14. The molecule has 0 spiro atoms. The molecular weight excluding hydrogens is 364 g/mol. The summed E-state index contributed by atoms with van der Waals surface area (Å²) in [4.78, 5) is 24.0. The summed E-state index contributed by atoms with van der Waals surface area (Å²) in [5, 5.41) is 0.561. The summed E-state index contributed by atoms with van der Waals surface area (Å²) in [5.74, 6) is -1.26. The van der Waals surface area contributed by atoms with E-state index in [1.807, 2.05) is 0 Å². The largest absolute Gasteiger partial charge is 0.273 e. The SMILES string of the molecule is CCS(=O)(=O)c1ccccc1C(=O)NNC(=O)Cc1ccc(Cl)cc1. The Hall–Kier alpha value is -2.38. The van der Waals surface area contributed by atoms with Crippen LogP contribution in [0.15, 0.2) is 53.4 Å². The number of benzene rings is 2. The van der Waals surface area contributed by atoms with E-state index in [9.17, 15) is 18.0 Å². The van der Waals surface area contributed by atoms with Crippen LogP contribution >= 0.6 is 11.6 Å². The van der Waals surface area contributed by atoms with Crippen molar-refractivity contribution in [1.82, 2.24) is 10.9 Å². The van der Waals surface area contributed by atoms with Crippen molar-refractivity contribution in [2.75, 3.05) is 5.75 Å². The van der Waals surface area contributed by atoms with E-state index in [4.69, 9.17) is 11.6 Å². The van der Waals surface area contributed by atoms with Gasteiger partial charge in [0, 0.05) is 5.02 Å². The molecule has 2 aromatic carbocycles. The molecule has 0 atom stereocenters. The molecule has 0 saturated carbocycles. The van der Waals surface area contributed by atoms with E-state index in [1.54, 1.807) is 36.4 Å². The number of carbonyl (C=O) groups is 2. The van der Waals surface area contributed by atoms with Crippen molar-refractivity contribution in [3.63, 3.8) is 0 Å². The first-order chi connectivity index (χ1) is 11.8. The first kappa shape index (κ1) is 19.0. The fourth-order valence-electron chi connectivity index (χ4n) is 2.11. The highest BCUT2D eigenvalue weighted by atomic mass is 35.5. The van der Waals surface area contributed by atoms with Crippen LogP contribution in [0.2, 0.25) is 5.02 Å². The lowest BCUT2D eigenvalue weighted by molar-refractivity contribution is -0.121. The lowest BCUT2D eigenvalue weighted by atomic mass is 10.1. The van der Waals surface area contributed by atoms with Crippen molar-refractivity contribution in [1.29, 1.82) is 0 Å². The van der Waals surface area contributed by atoms with Gasteiger partial charge in [-0.15, -0.1) is 0 Å². The second-order valence-electron chi connectivity index (χ2n) is 5.21. The molecule has 0 aromatic heterocycles. The molecule has 2 N–H and O–H groups in total. The summed E-state index contributed by atoms with van der Waals surface area (Å²) >= 11 is 5.78. The van der Waals surface area contributed by atoms with Gasteiger partial charge < -0.3 is 0 Å². The summed E-state index contributed by atoms with van der Waals surface area (Å²) in [6, 6.07) is 12.6. The summed E-state index contributed by atoms with van der Waals surface area (Å²) < 4.78 is 24.1. The van der Waals surface area contributed by atoms with Gasteiger partial charge in [-0.3, -0.25) is 20.4 Å². The van der Waals surface area contributed by atoms with Crippen LogP contribution < -0.4 is 10.9 Å². The van der Waals surface area contributed by atoms with Crippen LogP contribution in [0.5, 0.6) is 0 Å². The zero-order valence-corrected chi connectivity index (χ0v) is 15.0. The van der Waals surface area contributed by atoms with E-state index < -0.39 is 21.7 Å². The first-order valence-corrected chi connectivity index (χ1v) is 9.52. The molecule has 0 saturated heterocycles. The Kier molecular flexibility index (Phi) is 6.17. The summed E-state index contributed by atoms with van der Waals surface area (Å²) in [7, 11) is -3.55. The molecule has 132 valence electrons. The van der Waals surface area contributed by atoms with Gasteiger partial charge in [0.15, 0.2) is 9.84 Å². The fraction of sp³-hybridized carbons (Fsp3) is 0.176. The lowest BCUT2D eigenvalue weighted by Crippen LogP contribution is -2.42. The highest BCUT2D eigenvalue weighted by molar-refractivity contribution is 7.91. The van der Waals surface area contributed by atoms with Crippen LogP contribution in [-0.2, 0) is 21.1 Å². The van der Waals surface area contributed by atoms with Crippen LogP contribution in [0.25, 0.3) is 0 Å². The number of hydrazine groups is 1. The molecule has 0 fully saturated rings. The number of hydrogen-bond acceptors (Lipinski definition) is 4. The highest BCUT2D eigenvalue weighted by Gasteiger charge is 2.20. The van der Waals surface area contributed by atoms with Crippen molar-refractivity contribution < 1.29 is 18.0 Å². The zero-order valence-electron chi connectivity index (χ0n) is 13.5. The number of halogens is 1. The van der Waals surface area contributed by atoms with E-state index in [0.29, 0.717) is 5.02 Å². The minimum Gasteiger partial charge on any atom is -0.273 e. The maximum Gasteiger partial charge on any atom is 0.271 e. The fourth-order valence-corrected chi connectivity index (χ4v) is 3.33. The van der Waals surface area contributed by atoms with Gasteiger partial charge in [0.1, 0.15) is 0 Å². The van der Waals surface area contributed by atoms with Crippen molar-refractivity contribution >= 4 is 33.3 Å². The maximum absolute atomic E-state index is 12.2. The molecule has 25 heavy (non-hydrogen) atoms. The van der Waals surface area contributed by atoms with Crippen LogP contribution in [-0.4, -0.2) is 26.0 Å². The Morgan fingerprint density at radius 3 is 2.28 bits per heavy atom. The molecule has 8 heteroatoms.